The van der Waals surface area contributed by atoms with Gasteiger partial charge in [0.15, 0.2) is 9.84 Å². The molecule has 0 fully saturated rings. The van der Waals surface area contributed by atoms with Crippen molar-refractivity contribution in [2.45, 2.75) is 62.9 Å². The summed E-state index contributed by atoms with van der Waals surface area (Å²) in [6.45, 7) is 8.22. The van der Waals surface area contributed by atoms with Crippen LogP contribution in [0.1, 0.15) is 61.3 Å². The molecule has 2 heterocycles. The molecule has 0 radical (unpaired) electrons. The average Bonchev–Trinajstić information content (AvgIpc) is 3.10. The van der Waals surface area contributed by atoms with E-state index in [2.05, 4.69) is 24.5 Å². The first-order chi connectivity index (χ1) is 15.8. The Labute approximate surface area is 205 Å². The van der Waals surface area contributed by atoms with Crippen LogP contribution in [0.5, 0.6) is 5.75 Å². The maximum atomic E-state index is 12.7. The fourth-order valence-corrected chi connectivity index (χ4v) is 7.04. The first kappa shape index (κ1) is 26.2. The summed E-state index contributed by atoms with van der Waals surface area (Å²) in [7, 11) is -0.696. The maximum absolute atomic E-state index is 12.7. The van der Waals surface area contributed by atoms with Crippen molar-refractivity contribution in [3.05, 3.63) is 40.3 Å². The van der Waals surface area contributed by atoms with E-state index in [1.807, 2.05) is 13.8 Å². The molecule has 8 nitrogen and oxygen atoms in total. The number of rotatable bonds is 8. The highest BCUT2D eigenvalue weighted by Gasteiger charge is 2.42. The van der Waals surface area contributed by atoms with E-state index in [1.165, 1.54) is 37.7 Å². The van der Waals surface area contributed by atoms with Gasteiger partial charge in [0.05, 0.1) is 30.4 Å². The lowest BCUT2D eigenvalue weighted by molar-refractivity contribution is -0.116. The number of sulfone groups is 1. The fraction of sp³-hybridized carbons (Fsp3) is 0.500. The minimum atomic E-state index is -3.53. The monoisotopic (exact) mass is 508 g/mol. The van der Waals surface area contributed by atoms with E-state index in [-0.39, 0.29) is 40.5 Å². The third-order valence-corrected chi connectivity index (χ3v) is 9.01. The molecule has 0 saturated heterocycles. The van der Waals surface area contributed by atoms with E-state index in [9.17, 15) is 18.0 Å². The Kier molecular flexibility index (Phi) is 7.45. The normalized spacial score (nSPS) is 16.4. The minimum absolute atomic E-state index is 0.00565. The highest BCUT2D eigenvalue weighted by atomic mass is 32.2. The summed E-state index contributed by atoms with van der Waals surface area (Å²) in [5.74, 6) is -0.440. The molecule has 1 amide bonds. The van der Waals surface area contributed by atoms with Crippen molar-refractivity contribution in [3.8, 4) is 5.75 Å². The number of fused-ring (bicyclic) bond motifs is 1. The van der Waals surface area contributed by atoms with Gasteiger partial charge in [0.25, 0.3) is 0 Å². The second-order valence-corrected chi connectivity index (χ2v) is 12.7. The Balaban J connectivity index is 1.73. The number of anilines is 1. The van der Waals surface area contributed by atoms with Crippen molar-refractivity contribution in [2.75, 3.05) is 25.3 Å². The molecule has 1 aromatic heterocycles. The van der Waals surface area contributed by atoms with Gasteiger partial charge in [-0.15, -0.1) is 11.3 Å². The molecule has 2 N–H and O–H groups in total. The van der Waals surface area contributed by atoms with Crippen LogP contribution in [0.15, 0.2) is 29.2 Å². The second-order valence-electron chi connectivity index (χ2n) is 9.56. The van der Waals surface area contributed by atoms with Gasteiger partial charge < -0.3 is 20.1 Å². The summed E-state index contributed by atoms with van der Waals surface area (Å²) >= 11 is 1.36. The van der Waals surface area contributed by atoms with Gasteiger partial charge in [-0.1, -0.05) is 0 Å². The molecule has 0 saturated carbocycles. The van der Waals surface area contributed by atoms with Crippen LogP contribution in [0, 0.1) is 0 Å². The fourth-order valence-electron chi connectivity index (χ4n) is 4.45. The van der Waals surface area contributed by atoms with Gasteiger partial charge >= 0.3 is 5.97 Å². The van der Waals surface area contributed by atoms with Gasteiger partial charge in [-0.05, 0) is 70.4 Å². The first-order valence-electron chi connectivity index (χ1n) is 11.0. The summed E-state index contributed by atoms with van der Waals surface area (Å²) in [5.41, 5.74) is 0.629. The van der Waals surface area contributed by atoms with Crippen molar-refractivity contribution in [2.24, 2.45) is 0 Å². The summed E-state index contributed by atoms with van der Waals surface area (Å²) < 4.78 is 35.2. The molecule has 0 aliphatic carbocycles. The molecule has 1 aromatic carbocycles. The average molecular weight is 509 g/mol. The Bertz CT molecular complexity index is 1180. The second kappa shape index (κ2) is 9.67. The number of hydrogen-bond acceptors (Lipinski definition) is 8. The van der Waals surface area contributed by atoms with Crippen molar-refractivity contribution in [1.82, 2.24) is 5.32 Å². The van der Waals surface area contributed by atoms with Crippen LogP contribution in [0.2, 0.25) is 0 Å². The van der Waals surface area contributed by atoms with E-state index in [0.717, 1.165) is 10.4 Å². The molecule has 186 valence electrons. The molecule has 0 bridgehead atoms. The van der Waals surface area contributed by atoms with E-state index in [4.69, 9.17) is 9.47 Å². The van der Waals surface area contributed by atoms with Gasteiger partial charge in [0.1, 0.15) is 10.8 Å². The Morgan fingerprint density at radius 2 is 1.76 bits per heavy atom. The number of methoxy groups -OCH3 is 2. The van der Waals surface area contributed by atoms with Crippen molar-refractivity contribution >= 4 is 38.1 Å². The molecule has 1 aliphatic rings. The topological polar surface area (TPSA) is 111 Å². The molecule has 0 atom stereocenters. The predicted molar refractivity (Wildman–Crippen MR) is 133 cm³/mol. The quantitative estimate of drug-likeness (QED) is 0.520. The number of esters is 1. The van der Waals surface area contributed by atoms with Crippen LogP contribution in [0.4, 0.5) is 5.00 Å². The smallest absolute Gasteiger partial charge is 0.341 e. The molecule has 34 heavy (non-hydrogen) atoms. The van der Waals surface area contributed by atoms with Crippen molar-refractivity contribution in [1.29, 1.82) is 0 Å². The van der Waals surface area contributed by atoms with Gasteiger partial charge in [-0.2, -0.15) is 0 Å². The number of nitrogens with one attached hydrogen (secondary N) is 2. The zero-order valence-corrected chi connectivity index (χ0v) is 22.0. The lowest BCUT2D eigenvalue weighted by Gasteiger charge is -2.42. The van der Waals surface area contributed by atoms with E-state index < -0.39 is 15.8 Å². The lowest BCUT2D eigenvalue weighted by atomic mass is 9.81. The number of hydrogen-bond donors (Lipinski definition) is 2. The largest absolute Gasteiger partial charge is 0.497 e. The zero-order chi connectivity index (χ0) is 25.3. The molecule has 2 aromatic rings. The maximum Gasteiger partial charge on any atom is 0.341 e. The van der Waals surface area contributed by atoms with Crippen LogP contribution in [0.25, 0.3) is 0 Å². The summed E-state index contributed by atoms with van der Waals surface area (Å²) in [6, 6.07) is 6.16. The van der Waals surface area contributed by atoms with Gasteiger partial charge in [0.2, 0.25) is 5.91 Å². The Hall–Kier alpha value is -2.43. The molecular formula is C24H32N2O6S2. The minimum Gasteiger partial charge on any atom is -0.497 e. The number of amides is 1. The lowest BCUT2D eigenvalue weighted by Crippen LogP contribution is -2.55. The van der Waals surface area contributed by atoms with Gasteiger partial charge in [0, 0.05) is 22.4 Å². The van der Waals surface area contributed by atoms with E-state index >= 15 is 0 Å². The number of thiophene rings is 1. The van der Waals surface area contributed by atoms with Crippen LogP contribution in [0.3, 0.4) is 0 Å². The molecule has 10 heteroatoms. The van der Waals surface area contributed by atoms with Crippen LogP contribution >= 0.6 is 11.3 Å². The first-order valence-corrected chi connectivity index (χ1v) is 13.5. The van der Waals surface area contributed by atoms with E-state index in [0.29, 0.717) is 22.7 Å². The van der Waals surface area contributed by atoms with Crippen molar-refractivity contribution < 1.29 is 27.5 Å². The predicted octanol–water partition coefficient (Wildman–Crippen LogP) is 3.90. The standard InChI is InChI=1S/C24H32N2O6S2/c1-23(2)14-17-19(22(28)32-6)21(33-20(17)24(3,4)26-23)25-18(27)8-7-13-34(29,30)16-11-9-15(31-5)10-12-16/h9-12,26H,7-8,13-14H2,1-6H3,(H,25,27). The highest BCUT2D eigenvalue weighted by molar-refractivity contribution is 7.91. The Morgan fingerprint density at radius 1 is 1.12 bits per heavy atom. The SMILES string of the molecule is COC(=O)c1c(NC(=O)CCCS(=O)(=O)c2ccc(OC)cc2)sc2c1CC(C)(C)NC2(C)C. The highest BCUT2D eigenvalue weighted by Crippen LogP contribution is 2.45. The summed E-state index contributed by atoms with van der Waals surface area (Å²) in [4.78, 5) is 26.5. The van der Waals surface area contributed by atoms with Crippen molar-refractivity contribution in [3.63, 3.8) is 0 Å². The number of carbonyl (C=O) groups is 2. The molecule has 0 unspecified atom stereocenters. The molecule has 1 aliphatic heterocycles. The number of carbonyl (C=O) groups excluding carboxylic acids is 2. The molecule has 3 rings (SSSR count). The summed E-state index contributed by atoms with van der Waals surface area (Å²) in [6.07, 6.45) is 0.771. The molecule has 0 spiro atoms. The third-order valence-electron chi connectivity index (χ3n) is 5.72. The van der Waals surface area contributed by atoms with Crippen LogP contribution < -0.4 is 15.4 Å². The van der Waals surface area contributed by atoms with Crippen LogP contribution in [-0.2, 0) is 31.3 Å². The summed E-state index contributed by atoms with van der Waals surface area (Å²) in [5, 5.41) is 6.85. The zero-order valence-electron chi connectivity index (χ0n) is 20.4. The number of benzene rings is 1. The van der Waals surface area contributed by atoms with E-state index in [1.54, 1.807) is 12.1 Å². The third kappa shape index (κ3) is 5.61. The molecular weight excluding hydrogens is 476 g/mol. The van der Waals surface area contributed by atoms with Gasteiger partial charge in [-0.3, -0.25) is 4.79 Å². The Morgan fingerprint density at radius 3 is 2.35 bits per heavy atom. The number of ether oxygens (including phenoxy) is 2. The van der Waals surface area contributed by atoms with Crippen LogP contribution in [-0.4, -0.2) is 45.8 Å². The van der Waals surface area contributed by atoms with Gasteiger partial charge in [-0.25, -0.2) is 13.2 Å².